The molecule has 1 N–H and O–H groups in total. The van der Waals surface area contributed by atoms with E-state index in [1.54, 1.807) is 54.5 Å². The Bertz CT molecular complexity index is 899. The van der Waals surface area contributed by atoms with Crippen LogP contribution < -0.4 is 10.1 Å². The Hall–Kier alpha value is -2.57. The first kappa shape index (κ1) is 18.2. The maximum Gasteiger partial charge on any atom is 0.266 e. The molecule has 6 nitrogen and oxygen atoms in total. The third kappa shape index (κ3) is 4.74. The van der Waals surface area contributed by atoms with Crippen LogP contribution in [-0.2, 0) is 11.3 Å². The van der Waals surface area contributed by atoms with Gasteiger partial charge in [0.2, 0.25) is 0 Å². The summed E-state index contributed by atoms with van der Waals surface area (Å²) in [5.74, 6) is 0.500. The molecule has 3 rings (SSSR count). The van der Waals surface area contributed by atoms with E-state index in [4.69, 9.17) is 27.9 Å². The number of hydrogen-bond donors (Lipinski definition) is 1. The fourth-order valence-corrected chi connectivity index (χ4v) is 2.69. The smallest absolute Gasteiger partial charge is 0.266 e. The van der Waals surface area contributed by atoms with Crippen LogP contribution in [0.25, 0.3) is 0 Å². The summed E-state index contributed by atoms with van der Waals surface area (Å²) in [6.45, 7) is 2.20. The van der Waals surface area contributed by atoms with Gasteiger partial charge in [0.05, 0.1) is 11.6 Å². The van der Waals surface area contributed by atoms with E-state index in [9.17, 15) is 4.79 Å². The summed E-state index contributed by atoms with van der Waals surface area (Å²) in [5, 5.41) is 7.88. The summed E-state index contributed by atoms with van der Waals surface area (Å²) in [5.41, 5.74) is 1.02. The quantitative estimate of drug-likeness (QED) is 0.689. The van der Waals surface area contributed by atoms with Crippen LogP contribution in [0, 0.1) is 0 Å². The summed E-state index contributed by atoms with van der Waals surface area (Å²) < 4.78 is 7.31. The van der Waals surface area contributed by atoms with E-state index in [0.29, 0.717) is 28.2 Å². The second kappa shape index (κ2) is 8.21. The van der Waals surface area contributed by atoms with Gasteiger partial charge in [-0.25, -0.2) is 0 Å². The zero-order chi connectivity index (χ0) is 18.5. The van der Waals surface area contributed by atoms with Gasteiger partial charge in [-0.3, -0.25) is 14.5 Å². The van der Waals surface area contributed by atoms with Gasteiger partial charge in [0.25, 0.3) is 5.91 Å². The van der Waals surface area contributed by atoms with E-state index in [0.717, 1.165) is 5.56 Å². The van der Waals surface area contributed by atoms with Crippen molar-refractivity contribution < 1.29 is 9.53 Å². The van der Waals surface area contributed by atoms with Crippen LogP contribution in [0.5, 0.6) is 5.75 Å². The molecule has 1 atom stereocenters. The first-order valence-corrected chi connectivity index (χ1v) is 8.62. The van der Waals surface area contributed by atoms with E-state index in [1.807, 2.05) is 12.1 Å². The van der Waals surface area contributed by atoms with Crippen LogP contribution in [0.2, 0.25) is 10.0 Å². The van der Waals surface area contributed by atoms with Crippen LogP contribution in [0.1, 0.15) is 12.5 Å². The number of nitrogens with one attached hydrogen (secondary N) is 1. The first-order chi connectivity index (χ1) is 12.5. The minimum absolute atomic E-state index is 0.331. The zero-order valence-corrected chi connectivity index (χ0v) is 15.4. The lowest BCUT2D eigenvalue weighted by Crippen LogP contribution is -2.30. The van der Waals surface area contributed by atoms with Gasteiger partial charge in [0.15, 0.2) is 11.9 Å². The molecule has 8 heteroatoms. The number of carbonyl (C=O) groups is 1. The molecule has 1 unspecified atom stereocenters. The molecule has 0 aliphatic rings. The molecule has 3 aromatic rings. The number of nitrogens with zero attached hydrogens (tertiary/aromatic N) is 3. The van der Waals surface area contributed by atoms with Crippen LogP contribution in [0.3, 0.4) is 0 Å². The normalized spacial score (nSPS) is 11.8. The third-order valence-electron chi connectivity index (χ3n) is 3.53. The van der Waals surface area contributed by atoms with Gasteiger partial charge in [-0.1, -0.05) is 29.3 Å². The van der Waals surface area contributed by atoms with Crippen molar-refractivity contribution in [3.63, 3.8) is 0 Å². The second-order valence-corrected chi connectivity index (χ2v) is 6.43. The number of carbonyl (C=O) groups excluding carboxylic acids is 1. The molecule has 0 bridgehead atoms. The molecule has 1 amide bonds. The van der Waals surface area contributed by atoms with Crippen molar-refractivity contribution in [2.45, 2.75) is 19.6 Å². The van der Waals surface area contributed by atoms with E-state index in [1.165, 1.54) is 0 Å². The number of halogens is 2. The number of pyridine rings is 1. The largest absolute Gasteiger partial charge is 0.479 e. The highest BCUT2D eigenvalue weighted by Crippen LogP contribution is 2.28. The van der Waals surface area contributed by atoms with Crippen LogP contribution in [0.15, 0.2) is 55.0 Å². The van der Waals surface area contributed by atoms with E-state index < -0.39 is 6.10 Å². The lowest BCUT2D eigenvalue weighted by Gasteiger charge is -2.15. The van der Waals surface area contributed by atoms with Gasteiger partial charge in [-0.2, -0.15) is 5.10 Å². The van der Waals surface area contributed by atoms with Gasteiger partial charge in [0.1, 0.15) is 5.75 Å². The fraction of sp³-hybridized carbons (Fsp3) is 0.167. The summed E-state index contributed by atoms with van der Waals surface area (Å²) in [4.78, 5) is 16.4. The Labute approximate surface area is 160 Å². The Kier molecular flexibility index (Phi) is 5.75. The maximum atomic E-state index is 12.3. The van der Waals surface area contributed by atoms with Gasteiger partial charge >= 0.3 is 0 Å². The highest BCUT2D eigenvalue weighted by molar-refractivity contribution is 6.35. The van der Waals surface area contributed by atoms with Crippen molar-refractivity contribution in [3.8, 4) is 5.75 Å². The highest BCUT2D eigenvalue weighted by Gasteiger charge is 2.17. The van der Waals surface area contributed by atoms with Crippen molar-refractivity contribution in [2.75, 3.05) is 5.32 Å². The van der Waals surface area contributed by atoms with E-state index in [-0.39, 0.29) is 5.91 Å². The molecule has 2 aromatic heterocycles. The topological polar surface area (TPSA) is 69.0 Å². The number of anilines is 1. The number of amides is 1. The fourth-order valence-electron chi connectivity index (χ4n) is 2.24. The molecule has 0 saturated heterocycles. The monoisotopic (exact) mass is 390 g/mol. The molecule has 1 aromatic carbocycles. The molecular weight excluding hydrogens is 375 g/mol. The Morgan fingerprint density at radius 2 is 2.15 bits per heavy atom. The average molecular weight is 391 g/mol. The Morgan fingerprint density at radius 3 is 2.88 bits per heavy atom. The Morgan fingerprint density at radius 1 is 1.31 bits per heavy atom. The number of aromatic nitrogens is 3. The number of hydrogen-bond acceptors (Lipinski definition) is 4. The van der Waals surface area contributed by atoms with Gasteiger partial charge in [-0.05, 0) is 36.8 Å². The van der Waals surface area contributed by atoms with Crippen molar-refractivity contribution in [2.24, 2.45) is 0 Å². The minimum Gasteiger partial charge on any atom is -0.479 e. The predicted octanol–water partition coefficient (Wildman–Crippen LogP) is 4.04. The number of rotatable bonds is 6. The van der Waals surface area contributed by atoms with Crippen molar-refractivity contribution in [1.29, 1.82) is 0 Å². The molecule has 26 heavy (non-hydrogen) atoms. The molecule has 0 radical (unpaired) electrons. The molecule has 0 spiro atoms. The van der Waals surface area contributed by atoms with Crippen LogP contribution in [-0.4, -0.2) is 26.8 Å². The van der Waals surface area contributed by atoms with Gasteiger partial charge < -0.3 is 10.1 Å². The maximum absolute atomic E-state index is 12.3. The van der Waals surface area contributed by atoms with Crippen LogP contribution >= 0.6 is 23.2 Å². The SMILES string of the molecule is CC(Oc1ccc(Cl)cc1Cl)C(=O)Nc1ccn(Cc2cccnc2)n1. The molecule has 134 valence electrons. The second-order valence-electron chi connectivity index (χ2n) is 5.58. The van der Waals surface area contributed by atoms with Gasteiger partial charge in [0, 0.05) is 29.7 Å². The van der Waals surface area contributed by atoms with Crippen molar-refractivity contribution in [1.82, 2.24) is 14.8 Å². The van der Waals surface area contributed by atoms with Gasteiger partial charge in [-0.15, -0.1) is 0 Å². The van der Waals surface area contributed by atoms with Crippen LogP contribution in [0.4, 0.5) is 5.82 Å². The summed E-state index contributed by atoms with van der Waals surface area (Å²) in [6.07, 6.45) is 4.51. The lowest BCUT2D eigenvalue weighted by molar-refractivity contribution is -0.122. The summed E-state index contributed by atoms with van der Waals surface area (Å²) in [7, 11) is 0. The molecule has 0 saturated carbocycles. The summed E-state index contributed by atoms with van der Waals surface area (Å²) >= 11 is 11.9. The molecule has 0 aliphatic carbocycles. The standard InChI is InChI=1S/C18H16Cl2N4O2/c1-12(26-16-5-4-14(19)9-15(16)20)18(25)22-17-6-8-24(23-17)11-13-3-2-7-21-10-13/h2-10,12H,11H2,1H3,(H,22,23,25). The van der Waals surface area contributed by atoms with Crippen molar-refractivity contribution in [3.05, 3.63) is 70.6 Å². The first-order valence-electron chi connectivity index (χ1n) is 7.86. The molecule has 0 aliphatic heterocycles. The molecule has 0 fully saturated rings. The number of benzene rings is 1. The predicted molar refractivity (Wildman–Crippen MR) is 101 cm³/mol. The van der Waals surface area contributed by atoms with Crippen molar-refractivity contribution >= 4 is 34.9 Å². The van der Waals surface area contributed by atoms with E-state index in [2.05, 4.69) is 15.4 Å². The zero-order valence-electron chi connectivity index (χ0n) is 13.9. The molecule has 2 heterocycles. The minimum atomic E-state index is -0.753. The average Bonchev–Trinajstić information content (AvgIpc) is 3.05. The lowest BCUT2D eigenvalue weighted by atomic mass is 10.3. The van der Waals surface area contributed by atoms with E-state index >= 15 is 0 Å². The third-order valence-corrected chi connectivity index (χ3v) is 4.06. The number of ether oxygens (including phenoxy) is 1. The highest BCUT2D eigenvalue weighted by atomic mass is 35.5. The Balaban J connectivity index is 1.59. The molecular formula is C18H16Cl2N4O2. The summed E-state index contributed by atoms with van der Waals surface area (Å²) in [6, 6.07) is 10.4.